The molecule has 0 atom stereocenters. The first-order valence-corrected chi connectivity index (χ1v) is 6.17. The van der Waals surface area contributed by atoms with Crippen LogP contribution in [0.1, 0.15) is 36.8 Å². The summed E-state index contributed by atoms with van der Waals surface area (Å²) in [5, 5.41) is 3.46. The van der Waals surface area contributed by atoms with Crippen molar-refractivity contribution in [3.8, 4) is 0 Å². The van der Waals surface area contributed by atoms with Crippen LogP contribution in [0, 0.1) is 6.92 Å². The lowest BCUT2D eigenvalue weighted by atomic mass is 10.1. The maximum atomic E-state index is 4.57. The Labute approximate surface area is 97.8 Å². The number of nitrogens with one attached hydrogen (secondary N) is 1. The first kappa shape index (κ1) is 11.2. The van der Waals surface area contributed by atoms with Crippen molar-refractivity contribution in [3.05, 3.63) is 35.4 Å². The highest BCUT2D eigenvalue weighted by molar-refractivity contribution is 5.82. The van der Waals surface area contributed by atoms with Gasteiger partial charge in [-0.15, -0.1) is 0 Å². The number of rotatable bonds is 2. The summed E-state index contributed by atoms with van der Waals surface area (Å²) >= 11 is 0. The molecule has 2 heteroatoms. The van der Waals surface area contributed by atoms with Gasteiger partial charge < -0.3 is 5.32 Å². The molecule has 0 spiro atoms. The van der Waals surface area contributed by atoms with Crippen LogP contribution in [0.25, 0.3) is 0 Å². The topological polar surface area (TPSA) is 24.4 Å². The van der Waals surface area contributed by atoms with Gasteiger partial charge in [-0.1, -0.05) is 36.2 Å². The lowest BCUT2D eigenvalue weighted by Crippen LogP contribution is -2.22. The van der Waals surface area contributed by atoms with E-state index in [-0.39, 0.29) is 0 Å². The predicted molar refractivity (Wildman–Crippen MR) is 68.8 cm³/mol. The molecule has 2 nitrogen and oxygen atoms in total. The van der Waals surface area contributed by atoms with Gasteiger partial charge in [0.15, 0.2) is 0 Å². The molecule has 16 heavy (non-hydrogen) atoms. The maximum Gasteiger partial charge on any atom is 0.0965 e. The summed E-state index contributed by atoms with van der Waals surface area (Å²) in [7, 11) is 0. The van der Waals surface area contributed by atoms with Gasteiger partial charge in [0.1, 0.15) is 0 Å². The fourth-order valence-corrected chi connectivity index (χ4v) is 2.04. The van der Waals surface area contributed by atoms with Crippen molar-refractivity contribution in [2.45, 2.75) is 39.2 Å². The SMILES string of the molecule is Cc1cccc(CNC2=NCCCCC2)c1. The Morgan fingerprint density at radius 3 is 3.06 bits per heavy atom. The molecule has 0 saturated heterocycles. The van der Waals surface area contributed by atoms with Gasteiger partial charge in [-0.25, -0.2) is 0 Å². The lowest BCUT2D eigenvalue weighted by Gasteiger charge is -2.08. The average molecular weight is 216 g/mol. The molecule has 0 fully saturated rings. The smallest absolute Gasteiger partial charge is 0.0965 e. The molecule has 0 bridgehead atoms. The van der Waals surface area contributed by atoms with Crippen LogP contribution in [0.5, 0.6) is 0 Å². The average Bonchev–Trinajstić information content (AvgIpc) is 2.55. The molecule has 1 aromatic carbocycles. The van der Waals surface area contributed by atoms with Crippen molar-refractivity contribution in [3.63, 3.8) is 0 Å². The number of amidine groups is 1. The highest BCUT2D eigenvalue weighted by Gasteiger charge is 2.03. The fraction of sp³-hybridized carbons (Fsp3) is 0.500. The summed E-state index contributed by atoms with van der Waals surface area (Å²) in [5.74, 6) is 1.19. The van der Waals surface area contributed by atoms with E-state index >= 15 is 0 Å². The van der Waals surface area contributed by atoms with Gasteiger partial charge >= 0.3 is 0 Å². The van der Waals surface area contributed by atoms with Crippen LogP contribution in [0.4, 0.5) is 0 Å². The second kappa shape index (κ2) is 5.69. The highest BCUT2D eigenvalue weighted by Crippen LogP contribution is 2.07. The molecule has 0 amide bonds. The molecule has 2 rings (SSSR count). The van der Waals surface area contributed by atoms with Crippen LogP contribution in [-0.2, 0) is 6.54 Å². The maximum absolute atomic E-state index is 4.57. The number of aliphatic imine (C=N–C) groups is 1. The van der Waals surface area contributed by atoms with Gasteiger partial charge in [0.2, 0.25) is 0 Å². The van der Waals surface area contributed by atoms with E-state index in [1.165, 1.54) is 36.2 Å². The minimum absolute atomic E-state index is 0.903. The van der Waals surface area contributed by atoms with E-state index in [0.717, 1.165) is 19.5 Å². The number of hydrogen-bond acceptors (Lipinski definition) is 2. The van der Waals surface area contributed by atoms with E-state index in [9.17, 15) is 0 Å². The summed E-state index contributed by atoms with van der Waals surface area (Å²) < 4.78 is 0. The van der Waals surface area contributed by atoms with Crippen molar-refractivity contribution in [1.29, 1.82) is 0 Å². The van der Waals surface area contributed by atoms with Gasteiger partial charge in [-0.2, -0.15) is 0 Å². The fourth-order valence-electron chi connectivity index (χ4n) is 2.04. The van der Waals surface area contributed by atoms with Gasteiger partial charge in [-0.3, -0.25) is 4.99 Å². The van der Waals surface area contributed by atoms with Crippen molar-refractivity contribution >= 4 is 5.84 Å². The van der Waals surface area contributed by atoms with E-state index in [1.54, 1.807) is 0 Å². The minimum atomic E-state index is 0.903. The third-order valence-corrected chi connectivity index (χ3v) is 2.95. The van der Waals surface area contributed by atoms with Crippen LogP contribution in [0.3, 0.4) is 0 Å². The monoisotopic (exact) mass is 216 g/mol. The Kier molecular flexibility index (Phi) is 3.97. The molecule has 0 aromatic heterocycles. The number of aryl methyl sites for hydroxylation is 1. The molecule has 0 saturated carbocycles. The molecule has 0 aliphatic carbocycles. The zero-order valence-electron chi connectivity index (χ0n) is 10.00. The Morgan fingerprint density at radius 1 is 1.25 bits per heavy atom. The van der Waals surface area contributed by atoms with E-state index in [1.807, 2.05) is 0 Å². The molecular weight excluding hydrogens is 196 g/mol. The molecule has 0 radical (unpaired) electrons. The molecule has 86 valence electrons. The Morgan fingerprint density at radius 2 is 2.19 bits per heavy atom. The molecular formula is C14H20N2. The second-order valence-electron chi connectivity index (χ2n) is 4.48. The minimum Gasteiger partial charge on any atom is -0.370 e. The van der Waals surface area contributed by atoms with E-state index in [0.29, 0.717) is 0 Å². The number of hydrogen-bond donors (Lipinski definition) is 1. The lowest BCUT2D eigenvalue weighted by molar-refractivity contribution is 0.728. The molecule has 1 heterocycles. The summed E-state index contributed by atoms with van der Waals surface area (Å²) in [6.45, 7) is 4.03. The standard InChI is InChI=1S/C14H20N2/c1-12-6-5-7-13(10-12)11-16-14-8-3-2-4-9-15-14/h5-7,10H,2-4,8-9,11H2,1H3,(H,15,16). The summed E-state index contributed by atoms with van der Waals surface area (Å²) in [6.07, 6.45) is 4.96. The molecule has 1 aliphatic rings. The summed E-state index contributed by atoms with van der Waals surface area (Å²) in [5.41, 5.74) is 2.66. The first-order valence-electron chi connectivity index (χ1n) is 6.17. The van der Waals surface area contributed by atoms with Crippen molar-refractivity contribution in [1.82, 2.24) is 5.32 Å². The van der Waals surface area contributed by atoms with Gasteiger partial charge in [-0.05, 0) is 25.3 Å². The summed E-state index contributed by atoms with van der Waals surface area (Å²) in [6, 6.07) is 8.63. The molecule has 1 aliphatic heterocycles. The van der Waals surface area contributed by atoms with Crippen LogP contribution in [0.15, 0.2) is 29.3 Å². The Hall–Kier alpha value is -1.31. The third kappa shape index (κ3) is 3.37. The largest absolute Gasteiger partial charge is 0.370 e. The Bertz CT molecular complexity index is 369. The van der Waals surface area contributed by atoms with E-state index in [2.05, 4.69) is 41.5 Å². The van der Waals surface area contributed by atoms with Crippen LogP contribution in [-0.4, -0.2) is 12.4 Å². The number of nitrogens with zero attached hydrogens (tertiary/aromatic N) is 1. The molecule has 1 N–H and O–H groups in total. The van der Waals surface area contributed by atoms with Crippen molar-refractivity contribution in [2.24, 2.45) is 4.99 Å². The van der Waals surface area contributed by atoms with Crippen LogP contribution in [0.2, 0.25) is 0 Å². The van der Waals surface area contributed by atoms with Gasteiger partial charge in [0.25, 0.3) is 0 Å². The highest BCUT2D eigenvalue weighted by atomic mass is 15.0. The van der Waals surface area contributed by atoms with Gasteiger partial charge in [0.05, 0.1) is 5.84 Å². The number of benzene rings is 1. The summed E-state index contributed by atoms with van der Waals surface area (Å²) in [4.78, 5) is 4.57. The third-order valence-electron chi connectivity index (χ3n) is 2.95. The van der Waals surface area contributed by atoms with Crippen molar-refractivity contribution < 1.29 is 0 Å². The van der Waals surface area contributed by atoms with Crippen LogP contribution < -0.4 is 5.32 Å². The second-order valence-corrected chi connectivity index (χ2v) is 4.48. The first-order chi connectivity index (χ1) is 7.84. The zero-order chi connectivity index (χ0) is 11.2. The quantitative estimate of drug-likeness (QED) is 0.807. The van der Waals surface area contributed by atoms with E-state index < -0.39 is 0 Å². The van der Waals surface area contributed by atoms with E-state index in [4.69, 9.17) is 0 Å². The Balaban J connectivity index is 1.89. The molecule has 0 unspecified atom stereocenters. The normalized spacial score (nSPS) is 16.4. The predicted octanol–water partition coefficient (Wildman–Crippen LogP) is 3.06. The zero-order valence-corrected chi connectivity index (χ0v) is 10.00. The molecule has 1 aromatic rings. The van der Waals surface area contributed by atoms with Crippen molar-refractivity contribution in [2.75, 3.05) is 6.54 Å². The van der Waals surface area contributed by atoms with Gasteiger partial charge in [0, 0.05) is 19.5 Å². The van der Waals surface area contributed by atoms with Crippen LogP contribution >= 0.6 is 0 Å².